The van der Waals surface area contributed by atoms with Gasteiger partial charge < -0.3 is 0 Å². The van der Waals surface area contributed by atoms with Crippen LogP contribution < -0.4 is 0 Å². The Bertz CT molecular complexity index is 72.0. The average Bonchev–Trinajstić information content (AvgIpc) is 2.08. The average molecular weight is 156 g/mol. The van der Waals surface area contributed by atoms with Gasteiger partial charge in [-0.3, -0.25) is 0 Å². The molecule has 0 bridgehead atoms. The normalized spacial score (nSPS) is 8.09. The third-order valence-electron chi connectivity index (χ3n) is 1.55. The van der Waals surface area contributed by atoms with Crippen molar-refractivity contribution in [3.63, 3.8) is 0 Å². The highest BCUT2D eigenvalue weighted by atomic mass is 14.0. The maximum atomic E-state index is 2.26. The van der Waals surface area contributed by atoms with E-state index in [1.165, 1.54) is 25.7 Å². The first-order chi connectivity index (χ1) is 5.35. The van der Waals surface area contributed by atoms with Gasteiger partial charge in [0.2, 0.25) is 0 Å². The van der Waals surface area contributed by atoms with Crippen LogP contribution in [0.3, 0.4) is 0 Å². The van der Waals surface area contributed by atoms with Gasteiger partial charge in [0.05, 0.1) is 0 Å². The lowest BCUT2D eigenvalue weighted by Gasteiger charge is -2.00. The molecule has 0 amide bonds. The molecule has 0 saturated heterocycles. The number of hydrogen-bond donors (Lipinski definition) is 0. The second kappa shape index (κ2) is 12.4. The molecule has 0 radical (unpaired) electrons. The molecule has 68 valence electrons. The minimum absolute atomic E-state index is 1.29. The molecule has 11 heavy (non-hydrogen) atoms. The van der Waals surface area contributed by atoms with Crippen molar-refractivity contribution in [2.45, 2.75) is 60.3 Å². The molecule has 0 aromatic rings. The van der Waals surface area contributed by atoms with E-state index in [4.69, 9.17) is 0 Å². The minimum atomic E-state index is 1.29. The summed E-state index contributed by atoms with van der Waals surface area (Å²) in [5.74, 6) is 0. The Morgan fingerprint density at radius 2 is 1.36 bits per heavy atom. The van der Waals surface area contributed by atoms with Crippen LogP contribution in [0.2, 0.25) is 0 Å². The summed E-state index contributed by atoms with van der Waals surface area (Å²) in [7, 11) is 0. The lowest BCUT2D eigenvalue weighted by Crippen LogP contribution is -1.80. The van der Waals surface area contributed by atoms with Gasteiger partial charge in [-0.05, 0) is 19.8 Å². The number of allylic oxidation sites excluding steroid dienone is 2. The Morgan fingerprint density at radius 1 is 1.00 bits per heavy atom. The Balaban J connectivity index is 0. The van der Waals surface area contributed by atoms with E-state index in [9.17, 15) is 0 Å². The fraction of sp³-hybridized carbons (Fsp3) is 0.818. The molecular formula is C11H24. The van der Waals surface area contributed by atoms with Crippen LogP contribution in [-0.2, 0) is 0 Å². The lowest BCUT2D eigenvalue weighted by atomic mass is 10.1. The molecule has 0 aliphatic rings. The van der Waals surface area contributed by atoms with Gasteiger partial charge >= 0.3 is 0 Å². The monoisotopic (exact) mass is 156 g/mol. The standard InChI is InChI=1S/C9H18.C2H6/c1-4-7-9(6-3)8-5-2;1-2/h6H,4-5,7-8H2,1-3H3;1-2H3. The highest BCUT2D eigenvalue weighted by Crippen LogP contribution is 2.10. The first-order valence-corrected chi connectivity index (χ1v) is 4.99. The van der Waals surface area contributed by atoms with Gasteiger partial charge in [0.25, 0.3) is 0 Å². The third kappa shape index (κ3) is 9.74. The van der Waals surface area contributed by atoms with Crippen LogP contribution in [0.25, 0.3) is 0 Å². The smallest absolute Gasteiger partial charge is 0.0323 e. The van der Waals surface area contributed by atoms with E-state index >= 15 is 0 Å². The molecule has 0 aromatic heterocycles. The number of rotatable bonds is 4. The van der Waals surface area contributed by atoms with Crippen LogP contribution in [0.15, 0.2) is 11.6 Å². The highest BCUT2D eigenvalue weighted by molar-refractivity contribution is 4.99. The SMILES string of the molecule is CC.CC=C(CCC)CCC. The first kappa shape index (κ1) is 13.3. The summed E-state index contributed by atoms with van der Waals surface area (Å²) in [5.41, 5.74) is 1.63. The van der Waals surface area contributed by atoms with Crippen molar-refractivity contribution in [2.24, 2.45) is 0 Å². The molecule has 0 unspecified atom stereocenters. The molecule has 0 aromatic carbocycles. The van der Waals surface area contributed by atoms with E-state index in [1.54, 1.807) is 5.57 Å². The maximum absolute atomic E-state index is 2.26. The summed E-state index contributed by atoms with van der Waals surface area (Å²) in [6.45, 7) is 10.6. The van der Waals surface area contributed by atoms with Crippen LogP contribution in [-0.4, -0.2) is 0 Å². The number of hydrogen-bond acceptors (Lipinski definition) is 0. The van der Waals surface area contributed by atoms with Gasteiger partial charge in [0.1, 0.15) is 0 Å². The van der Waals surface area contributed by atoms with E-state index in [1.807, 2.05) is 13.8 Å². The molecule has 0 heteroatoms. The van der Waals surface area contributed by atoms with Crippen molar-refractivity contribution >= 4 is 0 Å². The zero-order valence-corrected chi connectivity index (χ0v) is 8.91. The molecular weight excluding hydrogens is 132 g/mol. The quantitative estimate of drug-likeness (QED) is 0.523. The second-order valence-corrected chi connectivity index (χ2v) is 2.45. The van der Waals surface area contributed by atoms with Crippen molar-refractivity contribution in [1.29, 1.82) is 0 Å². The molecule has 0 N–H and O–H groups in total. The Hall–Kier alpha value is -0.260. The van der Waals surface area contributed by atoms with Gasteiger partial charge in [0, 0.05) is 0 Å². The Labute approximate surface area is 72.7 Å². The fourth-order valence-electron chi connectivity index (χ4n) is 1.06. The van der Waals surface area contributed by atoms with Gasteiger partial charge in [-0.1, -0.05) is 52.2 Å². The molecule has 0 heterocycles. The highest BCUT2D eigenvalue weighted by Gasteiger charge is 1.90. The molecule has 0 aliphatic heterocycles. The van der Waals surface area contributed by atoms with Crippen LogP contribution in [0.5, 0.6) is 0 Å². The van der Waals surface area contributed by atoms with Crippen LogP contribution in [0.4, 0.5) is 0 Å². The van der Waals surface area contributed by atoms with Crippen molar-refractivity contribution in [3.8, 4) is 0 Å². The van der Waals surface area contributed by atoms with Crippen LogP contribution in [0, 0.1) is 0 Å². The lowest BCUT2D eigenvalue weighted by molar-refractivity contribution is 0.801. The fourth-order valence-corrected chi connectivity index (χ4v) is 1.06. The van der Waals surface area contributed by atoms with Crippen molar-refractivity contribution in [3.05, 3.63) is 11.6 Å². The molecule has 0 saturated carbocycles. The summed E-state index contributed by atoms with van der Waals surface area (Å²) < 4.78 is 0. The summed E-state index contributed by atoms with van der Waals surface area (Å²) in [6.07, 6.45) is 7.43. The van der Waals surface area contributed by atoms with E-state index in [2.05, 4.69) is 26.8 Å². The van der Waals surface area contributed by atoms with Crippen LogP contribution in [0.1, 0.15) is 60.3 Å². The van der Waals surface area contributed by atoms with E-state index in [0.29, 0.717) is 0 Å². The first-order valence-electron chi connectivity index (χ1n) is 4.99. The molecule has 0 rings (SSSR count). The summed E-state index contributed by atoms with van der Waals surface area (Å²) >= 11 is 0. The molecule has 0 nitrogen and oxygen atoms in total. The largest absolute Gasteiger partial charge is 0.0885 e. The zero-order chi connectivity index (χ0) is 9.11. The summed E-state index contributed by atoms with van der Waals surface area (Å²) in [4.78, 5) is 0. The summed E-state index contributed by atoms with van der Waals surface area (Å²) in [5, 5.41) is 0. The van der Waals surface area contributed by atoms with Crippen molar-refractivity contribution < 1.29 is 0 Å². The van der Waals surface area contributed by atoms with E-state index < -0.39 is 0 Å². The predicted octanol–water partition coefficient (Wildman–Crippen LogP) is 4.56. The Morgan fingerprint density at radius 3 is 1.55 bits per heavy atom. The van der Waals surface area contributed by atoms with Gasteiger partial charge in [-0.25, -0.2) is 0 Å². The van der Waals surface area contributed by atoms with Crippen LogP contribution >= 0.6 is 0 Å². The molecule has 0 aliphatic carbocycles. The molecule has 0 atom stereocenters. The molecule has 0 spiro atoms. The van der Waals surface area contributed by atoms with Gasteiger partial charge in [-0.15, -0.1) is 0 Å². The van der Waals surface area contributed by atoms with Gasteiger partial charge in [-0.2, -0.15) is 0 Å². The topological polar surface area (TPSA) is 0 Å². The second-order valence-electron chi connectivity index (χ2n) is 2.45. The van der Waals surface area contributed by atoms with E-state index in [0.717, 1.165) is 0 Å². The zero-order valence-electron chi connectivity index (χ0n) is 8.91. The van der Waals surface area contributed by atoms with Gasteiger partial charge in [0.15, 0.2) is 0 Å². The predicted molar refractivity (Wildman–Crippen MR) is 54.9 cm³/mol. The van der Waals surface area contributed by atoms with Crippen molar-refractivity contribution in [2.75, 3.05) is 0 Å². The third-order valence-corrected chi connectivity index (χ3v) is 1.55. The minimum Gasteiger partial charge on any atom is -0.0885 e. The van der Waals surface area contributed by atoms with E-state index in [-0.39, 0.29) is 0 Å². The van der Waals surface area contributed by atoms with Crippen molar-refractivity contribution in [1.82, 2.24) is 0 Å². The molecule has 0 fully saturated rings. The summed E-state index contributed by atoms with van der Waals surface area (Å²) in [6, 6.07) is 0. The maximum Gasteiger partial charge on any atom is -0.0323 e. The Kier molecular flexibility index (Phi) is 15.1.